The number of hydrogen-bond acceptors (Lipinski definition) is 5. The molecular formula is C21H23ClFN3O4S. The number of carbonyl (C=O) groups is 1. The number of nitrogens with one attached hydrogen (secondary N) is 2. The normalized spacial score (nSPS) is 29.2. The fourth-order valence-corrected chi connectivity index (χ4v) is 7.22. The molecular weight excluding hydrogens is 445 g/mol. The van der Waals surface area contributed by atoms with E-state index < -0.39 is 27.3 Å². The molecule has 0 aliphatic heterocycles. The van der Waals surface area contributed by atoms with Gasteiger partial charge >= 0.3 is 0 Å². The first-order valence-electron chi connectivity index (χ1n) is 10.4. The highest BCUT2D eigenvalue weighted by Crippen LogP contribution is 2.60. The second-order valence-electron chi connectivity index (χ2n) is 9.32. The van der Waals surface area contributed by atoms with Crippen LogP contribution in [0.15, 0.2) is 29.7 Å². The van der Waals surface area contributed by atoms with Gasteiger partial charge in [-0.15, -0.1) is 0 Å². The Labute approximate surface area is 184 Å². The fourth-order valence-electron chi connectivity index (χ4n) is 6.13. The van der Waals surface area contributed by atoms with Gasteiger partial charge < -0.3 is 9.72 Å². The number of amides is 1. The molecule has 1 heterocycles. The van der Waals surface area contributed by atoms with Crippen LogP contribution in [0.4, 0.5) is 4.39 Å². The molecule has 0 unspecified atom stereocenters. The van der Waals surface area contributed by atoms with Gasteiger partial charge in [0.1, 0.15) is 11.6 Å². The summed E-state index contributed by atoms with van der Waals surface area (Å²) in [7, 11) is -4.20. The molecule has 0 spiro atoms. The Balaban J connectivity index is 1.30. The molecule has 0 atom stereocenters. The average molecular weight is 468 g/mol. The van der Waals surface area contributed by atoms with Crippen LogP contribution in [0, 0.1) is 29.0 Å². The van der Waals surface area contributed by atoms with E-state index in [-0.39, 0.29) is 21.2 Å². The third kappa shape index (κ3) is 3.93. The molecule has 4 aliphatic carbocycles. The number of nitrogens with zero attached hydrogens (tertiary/aromatic N) is 1. The number of hydrogen-bond donors (Lipinski definition) is 2. The van der Waals surface area contributed by atoms with Gasteiger partial charge in [-0.25, -0.2) is 14.1 Å². The van der Waals surface area contributed by atoms with Crippen molar-refractivity contribution < 1.29 is 22.3 Å². The molecule has 6 rings (SSSR count). The SMILES string of the molecule is O=C(NS(=O)(=O)c1cnc[nH]1)c1cc(Cl)c(OCC23CC4CC(CC(C4)C2)C3)cc1F. The summed E-state index contributed by atoms with van der Waals surface area (Å²) < 4.78 is 46.8. The largest absolute Gasteiger partial charge is 0.491 e. The molecule has 1 amide bonds. The second kappa shape index (κ2) is 7.48. The van der Waals surface area contributed by atoms with Gasteiger partial charge in [0.2, 0.25) is 0 Å². The standard InChI is InChI=1S/C21H23ClFN3O4S/c22-16-4-15(20(27)26-31(28,29)19-9-24-11-25-19)17(23)5-18(16)30-10-21-6-12-1-13(7-21)3-14(2-12)8-21/h4-5,9,11-14H,1-3,6-8,10H2,(H,24,25)(H,26,27). The van der Waals surface area contributed by atoms with Crippen molar-refractivity contribution in [1.82, 2.24) is 14.7 Å². The van der Waals surface area contributed by atoms with E-state index in [1.807, 2.05) is 0 Å². The van der Waals surface area contributed by atoms with Crippen molar-refractivity contribution in [1.29, 1.82) is 0 Å². The third-order valence-corrected chi connectivity index (χ3v) is 8.51. The number of benzene rings is 1. The molecule has 4 fully saturated rings. The molecule has 4 saturated carbocycles. The van der Waals surface area contributed by atoms with Gasteiger partial charge in [-0.05, 0) is 62.3 Å². The van der Waals surface area contributed by atoms with Crippen molar-refractivity contribution in [3.63, 3.8) is 0 Å². The molecule has 0 radical (unpaired) electrons. The summed E-state index contributed by atoms with van der Waals surface area (Å²) in [6.45, 7) is 0.482. The highest BCUT2D eigenvalue weighted by atomic mass is 35.5. The van der Waals surface area contributed by atoms with Crippen molar-refractivity contribution in [2.45, 2.75) is 43.6 Å². The van der Waals surface area contributed by atoms with Crippen LogP contribution in [0.5, 0.6) is 5.75 Å². The minimum absolute atomic E-state index is 0.0650. The molecule has 4 aliphatic rings. The maximum atomic E-state index is 14.7. The first kappa shape index (κ1) is 20.8. The molecule has 2 N–H and O–H groups in total. The minimum atomic E-state index is -4.20. The number of halogens is 2. The van der Waals surface area contributed by atoms with Crippen molar-refractivity contribution in [3.8, 4) is 5.75 Å². The lowest BCUT2D eigenvalue weighted by molar-refractivity contribution is -0.0745. The molecule has 1 aromatic heterocycles. The van der Waals surface area contributed by atoms with Gasteiger partial charge in [0.15, 0.2) is 5.03 Å². The van der Waals surface area contributed by atoms with Crippen LogP contribution in [0.1, 0.15) is 48.9 Å². The van der Waals surface area contributed by atoms with Gasteiger partial charge in [0, 0.05) is 11.5 Å². The van der Waals surface area contributed by atoms with E-state index in [9.17, 15) is 17.6 Å². The van der Waals surface area contributed by atoms with Crippen LogP contribution < -0.4 is 9.46 Å². The Hall–Kier alpha value is -2.13. The Morgan fingerprint density at radius 3 is 2.45 bits per heavy atom. The maximum Gasteiger partial charge on any atom is 0.281 e. The molecule has 166 valence electrons. The van der Waals surface area contributed by atoms with Crippen molar-refractivity contribution >= 4 is 27.5 Å². The molecule has 31 heavy (non-hydrogen) atoms. The van der Waals surface area contributed by atoms with Gasteiger partial charge in [0.25, 0.3) is 15.9 Å². The highest BCUT2D eigenvalue weighted by Gasteiger charge is 2.51. The monoisotopic (exact) mass is 467 g/mol. The van der Waals surface area contributed by atoms with E-state index in [1.54, 1.807) is 4.72 Å². The zero-order valence-electron chi connectivity index (χ0n) is 16.7. The van der Waals surface area contributed by atoms with Gasteiger partial charge in [-0.1, -0.05) is 11.6 Å². The lowest BCUT2D eigenvalue weighted by Crippen LogP contribution is -2.48. The third-order valence-electron chi connectivity index (χ3n) is 6.95. The van der Waals surface area contributed by atoms with Crippen LogP contribution in [0.25, 0.3) is 0 Å². The summed E-state index contributed by atoms with van der Waals surface area (Å²) in [6, 6.07) is 2.16. The number of imidazole rings is 1. The first-order valence-corrected chi connectivity index (χ1v) is 12.3. The zero-order valence-corrected chi connectivity index (χ0v) is 18.3. The molecule has 4 bridgehead atoms. The average Bonchev–Trinajstić information content (AvgIpc) is 3.23. The van der Waals surface area contributed by atoms with Crippen LogP contribution in [-0.2, 0) is 10.0 Å². The van der Waals surface area contributed by atoms with E-state index in [4.69, 9.17) is 16.3 Å². The fraction of sp³-hybridized carbons (Fsp3) is 0.524. The van der Waals surface area contributed by atoms with E-state index in [2.05, 4.69) is 9.97 Å². The number of carbonyl (C=O) groups excluding carboxylic acids is 1. The van der Waals surface area contributed by atoms with Crippen LogP contribution in [0.2, 0.25) is 5.02 Å². The van der Waals surface area contributed by atoms with E-state index in [0.29, 0.717) is 6.61 Å². The summed E-state index contributed by atoms with van der Waals surface area (Å²) in [5.74, 6) is 0.451. The number of aromatic nitrogens is 2. The van der Waals surface area contributed by atoms with Crippen molar-refractivity contribution in [2.24, 2.45) is 23.2 Å². The molecule has 1 aromatic carbocycles. The quantitative estimate of drug-likeness (QED) is 0.670. The predicted octanol–water partition coefficient (Wildman–Crippen LogP) is 3.92. The number of rotatable bonds is 6. The van der Waals surface area contributed by atoms with E-state index in [0.717, 1.165) is 61.7 Å². The summed E-state index contributed by atoms with van der Waals surface area (Å²) in [5, 5.41) is -0.238. The topological polar surface area (TPSA) is 101 Å². The number of sulfonamides is 1. The van der Waals surface area contributed by atoms with E-state index in [1.165, 1.54) is 19.3 Å². The van der Waals surface area contributed by atoms with Crippen molar-refractivity contribution in [3.05, 3.63) is 41.1 Å². The second-order valence-corrected chi connectivity index (χ2v) is 11.4. The lowest BCUT2D eigenvalue weighted by Gasteiger charge is -2.56. The van der Waals surface area contributed by atoms with Crippen molar-refractivity contribution in [2.75, 3.05) is 6.61 Å². The van der Waals surface area contributed by atoms with Crippen LogP contribution >= 0.6 is 11.6 Å². The maximum absolute atomic E-state index is 14.7. The summed E-state index contributed by atoms with van der Waals surface area (Å²) in [5.41, 5.74) is -0.349. The summed E-state index contributed by atoms with van der Waals surface area (Å²) >= 11 is 6.27. The molecule has 0 saturated heterocycles. The summed E-state index contributed by atoms with van der Waals surface area (Å²) in [4.78, 5) is 18.4. The smallest absolute Gasteiger partial charge is 0.281 e. The number of ether oxygens (including phenoxy) is 1. The molecule has 7 nitrogen and oxygen atoms in total. The molecule has 10 heteroatoms. The van der Waals surface area contributed by atoms with Crippen LogP contribution in [0.3, 0.4) is 0 Å². The predicted molar refractivity (Wildman–Crippen MR) is 111 cm³/mol. The first-order chi connectivity index (χ1) is 14.7. The minimum Gasteiger partial charge on any atom is -0.491 e. The zero-order chi connectivity index (χ0) is 21.8. The Kier molecular flexibility index (Phi) is 5.01. The summed E-state index contributed by atoms with van der Waals surface area (Å²) in [6.07, 6.45) is 9.59. The van der Waals surface area contributed by atoms with E-state index >= 15 is 0 Å². The number of aromatic amines is 1. The Morgan fingerprint density at radius 1 is 1.23 bits per heavy atom. The van der Waals surface area contributed by atoms with Gasteiger partial charge in [-0.2, -0.15) is 8.42 Å². The highest BCUT2D eigenvalue weighted by molar-refractivity contribution is 7.90. The number of H-pyrrole nitrogens is 1. The Bertz CT molecular complexity index is 1080. The lowest BCUT2D eigenvalue weighted by atomic mass is 9.50. The van der Waals surface area contributed by atoms with Crippen LogP contribution in [-0.4, -0.2) is 30.9 Å². The van der Waals surface area contributed by atoms with Gasteiger partial charge in [-0.3, -0.25) is 4.79 Å². The van der Waals surface area contributed by atoms with Gasteiger partial charge in [0.05, 0.1) is 29.7 Å². The molecule has 2 aromatic rings. The Morgan fingerprint density at radius 2 is 1.87 bits per heavy atom.